The fourth-order valence-electron chi connectivity index (χ4n) is 4.29. The van der Waals surface area contributed by atoms with Crippen LogP contribution in [0.25, 0.3) is 5.57 Å². The van der Waals surface area contributed by atoms with Gasteiger partial charge in [-0.25, -0.2) is 0 Å². The van der Waals surface area contributed by atoms with Crippen LogP contribution in [0.2, 0.25) is 0 Å². The van der Waals surface area contributed by atoms with Crippen LogP contribution in [0.4, 0.5) is 0 Å². The molecular weight excluding hydrogens is 414 g/mol. The first kappa shape index (κ1) is 22.5. The minimum Gasteiger partial charge on any atom is -0.503 e. The maximum absolute atomic E-state index is 13.2. The van der Waals surface area contributed by atoms with Gasteiger partial charge in [-0.3, -0.25) is 4.79 Å². The fourth-order valence-corrected chi connectivity index (χ4v) is 4.29. The summed E-state index contributed by atoms with van der Waals surface area (Å²) >= 11 is 0. The molecule has 3 aromatic rings. The smallest absolute Gasteiger partial charge is 0.289 e. The Balaban J connectivity index is 1.68. The zero-order valence-electron chi connectivity index (χ0n) is 19.5. The molecule has 0 fully saturated rings. The lowest BCUT2D eigenvalue weighted by Gasteiger charge is -2.27. The molecule has 0 saturated heterocycles. The second kappa shape index (κ2) is 9.41. The SMILES string of the molecule is COc1ccc(CCN2C(=O)C(O)=C(c3ccc(C)cc3)C2c2ccc(C)cc2)cc1OC. The minimum absolute atomic E-state index is 0.184. The van der Waals surface area contributed by atoms with Gasteiger partial charge in [0.15, 0.2) is 17.3 Å². The molecule has 1 aliphatic rings. The van der Waals surface area contributed by atoms with E-state index in [0.29, 0.717) is 30.0 Å². The summed E-state index contributed by atoms with van der Waals surface area (Å²) in [6.07, 6.45) is 0.614. The van der Waals surface area contributed by atoms with Crippen molar-refractivity contribution in [2.75, 3.05) is 20.8 Å². The first-order valence-electron chi connectivity index (χ1n) is 11.0. The summed E-state index contributed by atoms with van der Waals surface area (Å²) in [5.41, 5.74) is 5.76. The monoisotopic (exact) mass is 443 g/mol. The number of hydrogen-bond donors (Lipinski definition) is 1. The van der Waals surface area contributed by atoms with Crippen molar-refractivity contribution in [3.8, 4) is 11.5 Å². The standard InChI is InChI=1S/C28H29NO4/c1-18-5-10-21(11-6-18)25-26(22-12-7-19(2)8-13-22)29(28(31)27(25)30)16-15-20-9-14-23(32-3)24(17-20)33-4/h5-14,17,26,30H,15-16H2,1-4H3. The van der Waals surface area contributed by atoms with Gasteiger partial charge >= 0.3 is 0 Å². The number of nitrogens with zero attached hydrogens (tertiary/aromatic N) is 1. The minimum atomic E-state index is -0.360. The van der Waals surface area contributed by atoms with Crippen molar-refractivity contribution in [3.63, 3.8) is 0 Å². The number of ether oxygens (including phenoxy) is 2. The average molecular weight is 444 g/mol. The van der Waals surface area contributed by atoms with Crippen LogP contribution >= 0.6 is 0 Å². The number of amides is 1. The molecule has 1 heterocycles. The van der Waals surface area contributed by atoms with Gasteiger partial charge in [0.1, 0.15) is 0 Å². The highest BCUT2D eigenvalue weighted by molar-refractivity contribution is 6.05. The molecule has 1 N–H and O–H groups in total. The molecule has 1 unspecified atom stereocenters. The molecule has 1 atom stereocenters. The van der Waals surface area contributed by atoms with Crippen LogP contribution in [-0.2, 0) is 11.2 Å². The van der Waals surface area contributed by atoms with Gasteiger partial charge in [0.05, 0.1) is 20.3 Å². The summed E-state index contributed by atoms with van der Waals surface area (Å²) < 4.78 is 10.7. The number of hydrogen-bond acceptors (Lipinski definition) is 4. The molecule has 3 aromatic carbocycles. The third-order valence-electron chi connectivity index (χ3n) is 6.15. The number of methoxy groups -OCH3 is 2. The maximum atomic E-state index is 13.2. The van der Waals surface area contributed by atoms with Crippen molar-refractivity contribution in [2.45, 2.75) is 26.3 Å². The first-order chi connectivity index (χ1) is 15.9. The molecule has 5 heteroatoms. The van der Waals surface area contributed by atoms with Gasteiger partial charge < -0.3 is 19.5 Å². The van der Waals surface area contributed by atoms with Crippen LogP contribution in [0, 0.1) is 13.8 Å². The third kappa shape index (κ3) is 4.44. The first-order valence-corrected chi connectivity index (χ1v) is 11.0. The molecule has 0 aromatic heterocycles. The van der Waals surface area contributed by atoms with Crippen molar-refractivity contribution in [3.05, 3.63) is 100 Å². The van der Waals surface area contributed by atoms with E-state index in [1.807, 2.05) is 80.6 Å². The number of benzene rings is 3. The van der Waals surface area contributed by atoms with E-state index < -0.39 is 0 Å². The summed E-state index contributed by atoms with van der Waals surface area (Å²) in [5, 5.41) is 10.9. The van der Waals surface area contributed by atoms with Gasteiger partial charge in [-0.05, 0) is 49.1 Å². The molecule has 0 saturated carbocycles. The highest BCUT2D eigenvalue weighted by Gasteiger charge is 2.40. The number of carbonyl (C=O) groups excluding carboxylic acids is 1. The summed E-state index contributed by atoms with van der Waals surface area (Å²) in [6.45, 7) is 4.50. The Hall–Kier alpha value is -3.73. The quantitative estimate of drug-likeness (QED) is 0.530. The van der Waals surface area contributed by atoms with Crippen molar-refractivity contribution < 1.29 is 19.4 Å². The second-order valence-electron chi connectivity index (χ2n) is 8.38. The molecule has 1 amide bonds. The van der Waals surface area contributed by atoms with E-state index in [0.717, 1.165) is 27.8 Å². The highest BCUT2D eigenvalue weighted by atomic mass is 16.5. The third-order valence-corrected chi connectivity index (χ3v) is 6.15. The van der Waals surface area contributed by atoms with Crippen LogP contribution in [-0.4, -0.2) is 36.7 Å². The summed E-state index contributed by atoms with van der Waals surface area (Å²) in [4.78, 5) is 15.0. The van der Waals surface area contributed by atoms with Gasteiger partial charge in [-0.2, -0.15) is 0 Å². The molecule has 1 aliphatic heterocycles. The van der Waals surface area contributed by atoms with Crippen LogP contribution in [0.3, 0.4) is 0 Å². The lowest BCUT2D eigenvalue weighted by Crippen LogP contribution is -2.32. The van der Waals surface area contributed by atoms with Gasteiger partial charge in [-0.1, -0.05) is 65.7 Å². The number of aliphatic hydroxyl groups is 1. The van der Waals surface area contributed by atoms with E-state index in [-0.39, 0.29) is 17.7 Å². The highest BCUT2D eigenvalue weighted by Crippen LogP contribution is 2.43. The van der Waals surface area contributed by atoms with Gasteiger partial charge in [0.2, 0.25) is 0 Å². The number of aryl methyl sites for hydroxylation is 2. The largest absolute Gasteiger partial charge is 0.503 e. The number of carbonyl (C=O) groups is 1. The Morgan fingerprint density at radius 3 is 2.06 bits per heavy atom. The fraction of sp³-hybridized carbons (Fsp3) is 0.250. The van der Waals surface area contributed by atoms with Crippen molar-refractivity contribution in [2.24, 2.45) is 0 Å². The van der Waals surface area contributed by atoms with Crippen molar-refractivity contribution >= 4 is 11.5 Å². The summed E-state index contributed by atoms with van der Waals surface area (Å²) in [5.74, 6) is 0.782. The van der Waals surface area contributed by atoms with Crippen molar-refractivity contribution in [1.29, 1.82) is 0 Å². The van der Waals surface area contributed by atoms with E-state index in [1.54, 1.807) is 19.1 Å². The normalized spacial score (nSPS) is 15.8. The van der Waals surface area contributed by atoms with E-state index in [4.69, 9.17) is 9.47 Å². The Bertz CT molecular complexity index is 1180. The molecule has 5 nitrogen and oxygen atoms in total. The van der Waals surface area contributed by atoms with E-state index in [1.165, 1.54) is 0 Å². The molecule has 0 bridgehead atoms. The topological polar surface area (TPSA) is 59.0 Å². The van der Waals surface area contributed by atoms with Crippen LogP contribution in [0.1, 0.15) is 33.9 Å². The molecule has 0 spiro atoms. The van der Waals surface area contributed by atoms with Gasteiger partial charge in [0, 0.05) is 12.1 Å². The molecule has 4 rings (SSSR count). The Morgan fingerprint density at radius 2 is 1.45 bits per heavy atom. The molecular formula is C28H29NO4. The van der Waals surface area contributed by atoms with Crippen LogP contribution in [0.5, 0.6) is 11.5 Å². The zero-order valence-corrected chi connectivity index (χ0v) is 19.5. The van der Waals surface area contributed by atoms with Gasteiger partial charge in [-0.15, -0.1) is 0 Å². The zero-order chi connectivity index (χ0) is 23.5. The Morgan fingerprint density at radius 1 is 0.848 bits per heavy atom. The summed E-state index contributed by atoms with van der Waals surface area (Å²) in [7, 11) is 3.21. The van der Waals surface area contributed by atoms with Gasteiger partial charge in [0.25, 0.3) is 5.91 Å². The molecule has 0 aliphatic carbocycles. The summed E-state index contributed by atoms with van der Waals surface area (Å²) in [6, 6.07) is 21.5. The van der Waals surface area contributed by atoms with Crippen LogP contribution in [0.15, 0.2) is 72.5 Å². The maximum Gasteiger partial charge on any atom is 0.289 e. The second-order valence-corrected chi connectivity index (χ2v) is 8.38. The lowest BCUT2D eigenvalue weighted by atomic mass is 9.92. The molecule has 0 radical (unpaired) electrons. The molecule has 170 valence electrons. The molecule has 33 heavy (non-hydrogen) atoms. The Kier molecular flexibility index (Phi) is 6.40. The predicted octanol–water partition coefficient (Wildman–Crippen LogP) is 5.42. The van der Waals surface area contributed by atoms with E-state index in [2.05, 4.69) is 0 Å². The van der Waals surface area contributed by atoms with Crippen molar-refractivity contribution in [1.82, 2.24) is 4.90 Å². The Labute approximate surface area is 194 Å². The number of aliphatic hydroxyl groups excluding tert-OH is 1. The van der Waals surface area contributed by atoms with E-state index in [9.17, 15) is 9.90 Å². The predicted molar refractivity (Wildman–Crippen MR) is 130 cm³/mol. The lowest BCUT2D eigenvalue weighted by molar-refractivity contribution is -0.129. The van der Waals surface area contributed by atoms with Crippen LogP contribution < -0.4 is 9.47 Å². The number of rotatable bonds is 7. The average Bonchev–Trinajstić information content (AvgIpc) is 3.08. The van der Waals surface area contributed by atoms with E-state index >= 15 is 0 Å².